The molecule has 0 spiro atoms. The van der Waals surface area contributed by atoms with Gasteiger partial charge in [-0.15, -0.1) is 11.3 Å². The predicted molar refractivity (Wildman–Crippen MR) is 129 cm³/mol. The molecule has 0 aliphatic rings. The predicted octanol–water partition coefficient (Wildman–Crippen LogP) is 5.21. The van der Waals surface area contributed by atoms with E-state index in [2.05, 4.69) is 11.1 Å². The summed E-state index contributed by atoms with van der Waals surface area (Å²) in [6, 6.07) is 13.5. The number of hydrogen-bond donors (Lipinski definition) is 1. The first kappa shape index (κ1) is 26.3. The second-order valence-corrected chi connectivity index (χ2v) is 9.53. The normalized spacial score (nSPS) is 11.8. The Bertz CT molecular complexity index is 1220. The number of thiazole rings is 1. The molecule has 3 rings (SSSR count). The first-order valence-electron chi connectivity index (χ1n) is 10.9. The highest BCUT2D eigenvalue weighted by molar-refractivity contribution is 7.14. The van der Waals surface area contributed by atoms with Crippen molar-refractivity contribution in [3.05, 3.63) is 65.0 Å². The lowest BCUT2D eigenvalue weighted by molar-refractivity contribution is -0.890. The number of amides is 1. The lowest BCUT2D eigenvalue weighted by atomic mass is 10.1. The number of aliphatic hydroxyl groups excluding tert-OH is 1. The molecule has 1 aromatic heterocycles. The van der Waals surface area contributed by atoms with Crippen LogP contribution in [0.25, 0.3) is 11.3 Å². The molecular weight excluding hydrogens is 477 g/mol. The third kappa shape index (κ3) is 6.88. The molecule has 3 aromatic rings. The number of nitriles is 1. The van der Waals surface area contributed by atoms with Crippen molar-refractivity contribution >= 4 is 28.1 Å². The van der Waals surface area contributed by atoms with Crippen LogP contribution in [0.4, 0.5) is 24.0 Å². The van der Waals surface area contributed by atoms with E-state index in [9.17, 15) is 23.1 Å². The highest BCUT2D eigenvalue weighted by atomic mass is 32.1. The average Bonchev–Trinajstić information content (AvgIpc) is 3.28. The molecule has 1 amide bonds. The summed E-state index contributed by atoms with van der Waals surface area (Å²) in [7, 11) is 3.88. The van der Waals surface area contributed by atoms with E-state index in [0.29, 0.717) is 40.8 Å². The molecule has 1 N–H and O–H groups in total. The molecule has 0 radical (unpaired) electrons. The Hall–Kier alpha value is -3.26. The van der Waals surface area contributed by atoms with Crippen LogP contribution in [-0.2, 0) is 11.0 Å². The third-order valence-corrected chi connectivity index (χ3v) is 6.34. The fourth-order valence-corrected chi connectivity index (χ4v) is 4.45. The average molecular weight is 504 g/mol. The van der Waals surface area contributed by atoms with E-state index in [-0.39, 0.29) is 29.8 Å². The van der Waals surface area contributed by atoms with Crippen LogP contribution in [0.5, 0.6) is 0 Å². The van der Waals surface area contributed by atoms with Gasteiger partial charge in [0.25, 0.3) is 0 Å². The van der Waals surface area contributed by atoms with Crippen LogP contribution in [0, 0.1) is 11.3 Å². The summed E-state index contributed by atoms with van der Waals surface area (Å²) in [5.41, 5.74) is 0.873. The van der Waals surface area contributed by atoms with Gasteiger partial charge in [0.1, 0.15) is 6.54 Å². The summed E-state index contributed by atoms with van der Waals surface area (Å²) in [4.78, 5) is 19.1. The second-order valence-electron chi connectivity index (χ2n) is 8.70. The first-order chi connectivity index (χ1) is 16.5. The summed E-state index contributed by atoms with van der Waals surface area (Å²) < 4.78 is 40.6. The molecule has 0 saturated heterocycles. The first-order valence-corrected chi connectivity index (χ1v) is 11.8. The van der Waals surface area contributed by atoms with E-state index in [1.165, 1.54) is 17.0 Å². The molecule has 0 aliphatic heterocycles. The number of benzene rings is 2. The SMILES string of the molecule is C[N+](C)(CCO)CCCC(=O)N(c1cccc(C(F)(F)F)c1)c1nc(-c2cccc(C#N)c2)cs1. The van der Waals surface area contributed by atoms with Crippen molar-refractivity contribution in [3.63, 3.8) is 0 Å². The molecule has 0 bridgehead atoms. The molecule has 35 heavy (non-hydrogen) atoms. The van der Waals surface area contributed by atoms with Crippen LogP contribution in [0.3, 0.4) is 0 Å². The maximum Gasteiger partial charge on any atom is 0.416 e. The van der Waals surface area contributed by atoms with Crippen molar-refractivity contribution in [1.29, 1.82) is 5.26 Å². The van der Waals surface area contributed by atoms with E-state index in [0.717, 1.165) is 23.5 Å². The molecule has 0 atom stereocenters. The molecule has 0 fully saturated rings. The van der Waals surface area contributed by atoms with Crippen LogP contribution in [-0.4, -0.2) is 54.3 Å². The fourth-order valence-electron chi connectivity index (χ4n) is 3.58. The third-order valence-electron chi connectivity index (χ3n) is 5.51. The van der Waals surface area contributed by atoms with E-state index in [4.69, 9.17) is 5.26 Å². The van der Waals surface area contributed by atoms with Crippen molar-refractivity contribution in [2.24, 2.45) is 0 Å². The number of quaternary nitrogens is 1. The molecule has 2 aromatic carbocycles. The lowest BCUT2D eigenvalue weighted by Crippen LogP contribution is -2.43. The van der Waals surface area contributed by atoms with Crippen molar-refractivity contribution in [2.45, 2.75) is 19.0 Å². The van der Waals surface area contributed by atoms with Crippen LogP contribution in [0.2, 0.25) is 0 Å². The van der Waals surface area contributed by atoms with Gasteiger partial charge in [0.15, 0.2) is 5.13 Å². The summed E-state index contributed by atoms with van der Waals surface area (Å²) >= 11 is 1.14. The van der Waals surface area contributed by atoms with Gasteiger partial charge in [-0.3, -0.25) is 9.69 Å². The number of carbonyl (C=O) groups excluding carboxylic acids is 1. The zero-order valence-electron chi connectivity index (χ0n) is 19.4. The fraction of sp³-hybridized carbons (Fsp3) is 0.320. The van der Waals surface area contributed by atoms with Gasteiger partial charge in [0.05, 0.1) is 55.8 Å². The zero-order chi connectivity index (χ0) is 25.6. The van der Waals surface area contributed by atoms with E-state index in [1.54, 1.807) is 29.6 Å². The Labute approximate surface area is 206 Å². The van der Waals surface area contributed by atoms with E-state index >= 15 is 0 Å². The number of nitrogens with zero attached hydrogens (tertiary/aromatic N) is 4. The van der Waals surface area contributed by atoms with Gasteiger partial charge in [0, 0.05) is 23.8 Å². The van der Waals surface area contributed by atoms with Crippen molar-refractivity contribution < 1.29 is 27.6 Å². The Morgan fingerprint density at radius 1 is 1.17 bits per heavy atom. The highest BCUT2D eigenvalue weighted by Crippen LogP contribution is 2.36. The molecule has 6 nitrogen and oxygen atoms in total. The maximum atomic E-state index is 13.4. The van der Waals surface area contributed by atoms with Gasteiger partial charge in [-0.1, -0.05) is 18.2 Å². The van der Waals surface area contributed by atoms with Gasteiger partial charge < -0.3 is 9.59 Å². The lowest BCUT2D eigenvalue weighted by Gasteiger charge is -2.29. The molecule has 0 saturated carbocycles. The number of rotatable bonds is 9. The summed E-state index contributed by atoms with van der Waals surface area (Å²) in [6.45, 7) is 1.17. The quantitative estimate of drug-likeness (QED) is 0.407. The summed E-state index contributed by atoms with van der Waals surface area (Å²) in [5, 5.41) is 20.3. The number of halogens is 3. The largest absolute Gasteiger partial charge is 0.416 e. The van der Waals surface area contributed by atoms with Gasteiger partial charge in [0.2, 0.25) is 5.91 Å². The topological polar surface area (TPSA) is 77.2 Å². The number of carbonyl (C=O) groups is 1. The summed E-state index contributed by atoms with van der Waals surface area (Å²) in [5.74, 6) is -0.375. The minimum atomic E-state index is -4.55. The Morgan fingerprint density at radius 2 is 1.91 bits per heavy atom. The Morgan fingerprint density at radius 3 is 2.60 bits per heavy atom. The van der Waals surface area contributed by atoms with Crippen LogP contribution >= 0.6 is 11.3 Å². The maximum absolute atomic E-state index is 13.4. The number of aromatic nitrogens is 1. The molecule has 0 unspecified atom stereocenters. The van der Waals surface area contributed by atoms with Crippen LogP contribution in [0.15, 0.2) is 53.9 Å². The molecule has 10 heteroatoms. The van der Waals surface area contributed by atoms with E-state index in [1.807, 2.05) is 14.1 Å². The van der Waals surface area contributed by atoms with Crippen molar-refractivity contribution in [3.8, 4) is 17.3 Å². The van der Waals surface area contributed by atoms with Crippen LogP contribution < -0.4 is 4.90 Å². The number of aliphatic hydroxyl groups is 1. The van der Waals surface area contributed by atoms with Crippen molar-refractivity contribution in [1.82, 2.24) is 4.98 Å². The number of alkyl halides is 3. The molecule has 1 heterocycles. The number of hydrogen-bond acceptors (Lipinski definition) is 5. The van der Waals surface area contributed by atoms with E-state index < -0.39 is 11.7 Å². The molecule has 0 aliphatic carbocycles. The monoisotopic (exact) mass is 503 g/mol. The van der Waals surface area contributed by atoms with Crippen molar-refractivity contribution in [2.75, 3.05) is 38.7 Å². The van der Waals surface area contributed by atoms with Gasteiger partial charge in [-0.05, 0) is 30.3 Å². The zero-order valence-corrected chi connectivity index (χ0v) is 20.2. The number of likely N-dealkylation sites (N-methyl/N-ethyl adjacent to an activating group) is 1. The molecular formula is C25H26F3N4O2S+. The minimum Gasteiger partial charge on any atom is -0.391 e. The van der Waals surface area contributed by atoms with Gasteiger partial charge in [-0.25, -0.2) is 4.98 Å². The molecule has 184 valence electrons. The van der Waals surface area contributed by atoms with Gasteiger partial charge in [-0.2, -0.15) is 18.4 Å². The second kappa shape index (κ2) is 11.0. The Kier molecular flexibility index (Phi) is 8.27. The van der Waals surface area contributed by atoms with Gasteiger partial charge >= 0.3 is 6.18 Å². The summed E-state index contributed by atoms with van der Waals surface area (Å²) in [6.07, 6.45) is -3.96. The number of anilines is 2. The Balaban J connectivity index is 1.94. The standard InChI is InChI=1S/C25H26F3N4O2S/c1-32(2,12-13-33)11-5-10-23(34)31(21-9-4-8-20(15-21)25(26,27)28)24-30-22(17-35-24)19-7-3-6-18(14-19)16-29/h3-4,6-9,14-15,17,33H,5,10-13H2,1-2H3/q+1. The smallest absolute Gasteiger partial charge is 0.391 e. The minimum absolute atomic E-state index is 0.0200. The highest BCUT2D eigenvalue weighted by Gasteiger charge is 2.32. The van der Waals surface area contributed by atoms with Crippen LogP contribution in [0.1, 0.15) is 24.0 Å².